The molecule has 0 radical (unpaired) electrons. The van der Waals surface area contributed by atoms with Crippen molar-refractivity contribution >= 4 is 34.8 Å². The molecule has 1 aromatic heterocycles. The fraction of sp³-hybridized carbons (Fsp3) is 0.130. The van der Waals surface area contributed by atoms with Crippen LogP contribution >= 0.6 is 34.8 Å². The number of nitrogens with zero attached hydrogens (tertiary/aromatic N) is 3. The molecule has 1 heterocycles. The molecule has 4 nitrogen and oxygen atoms in total. The van der Waals surface area contributed by atoms with Crippen LogP contribution < -0.4 is 5.32 Å². The maximum Gasteiger partial charge on any atom is 0.117 e. The van der Waals surface area contributed by atoms with E-state index in [1.807, 2.05) is 66.7 Å². The van der Waals surface area contributed by atoms with E-state index >= 15 is 0 Å². The number of aromatic nitrogens is 3. The zero-order valence-electron chi connectivity index (χ0n) is 16.0. The maximum atomic E-state index is 6.26. The van der Waals surface area contributed by atoms with E-state index in [9.17, 15) is 0 Å². The van der Waals surface area contributed by atoms with Gasteiger partial charge in [0.1, 0.15) is 11.4 Å². The highest BCUT2D eigenvalue weighted by Gasteiger charge is 2.14. The number of hydrogen-bond acceptors (Lipinski definition) is 3. The van der Waals surface area contributed by atoms with Crippen LogP contribution in [0.1, 0.15) is 16.8 Å². The molecule has 0 saturated heterocycles. The minimum absolute atomic E-state index is 0.501. The summed E-state index contributed by atoms with van der Waals surface area (Å²) in [5, 5.41) is 14.7. The second kappa shape index (κ2) is 9.63. The van der Waals surface area contributed by atoms with Gasteiger partial charge in [-0.3, -0.25) is 0 Å². The fourth-order valence-electron chi connectivity index (χ4n) is 3.15. The van der Waals surface area contributed by atoms with Crippen molar-refractivity contribution in [3.8, 4) is 11.3 Å². The minimum atomic E-state index is 0.501. The SMILES string of the molecule is Clc1ccc(Cn2nc(CNCc3ccccc3Cl)c(-c3ccccc3)n2)cc1Cl. The van der Waals surface area contributed by atoms with Crippen molar-refractivity contribution in [1.29, 1.82) is 0 Å². The van der Waals surface area contributed by atoms with E-state index in [1.54, 1.807) is 10.9 Å². The molecule has 0 aliphatic carbocycles. The predicted octanol–water partition coefficient (Wildman–Crippen LogP) is 6.24. The van der Waals surface area contributed by atoms with Crippen LogP contribution in [0, 0.1) is 0 Å². The summed E-state index contributed by atoms with van der Waals surface area (Å²) in [5.41, 5.74) is 4.77. The van der Waals surface area contributed by atoms with Gasteiger partial charge in [0.15, 0.2) is 0 Å². The van der Waals surface area contributed by atoms with Crippen LogP contribution in [0.25, 0.3) is 11.3 Å². The highest BCUT2D eigenvalue weighted by atomic mass is 35.5. The quantitative estimate of drug-likeness (QED) is 0.357. The van der Waals surface area contributed by atoms with Gasteiger partial charge >= 0.3 is 0 Å². The van der Waals surface area contributed by atoms with Crippen LogP contribution in [0.5, 0.6) is 0 Å². The summed E-state index contributed by atoms with van der Waals surface area (Å²) in [6, 6.07) is 23.4. The molecule has 7 heteroatoms. The van der Waals surface area contributed by atoms with Crippen molar-refractivity contribution in [3.63, 3.8) is 0 Å². The summed E-state index contributed by atoms with van der Waals surface area (Å²) in [6.07, 6.45) is 0. The number of nitrogens with one attached hydrogen (secondary N) is 1. The van der Waals surface area contributed by atoms with Crippen molar-refractivity contribution in [2.24, 2.45) is 0 Å². The molecular weight excluding hydrogens is 439 g/mol. The Morgan fingerprint density at radius 1 is 0.733 bits per heavy atom. The number of benzene rings is 3. The lowest BCUT2D eigenvalue weighted by Crippen LogP contribution is -2.14. The predicted molar refractivity (Wildman–Crippen MR) is 123 cm³/mol. The Hall–Kier alpha value is -2.37. The van der Waals surface area contributed by atoms with Crippen LogP contribution in [-0.4, -0.2) is 15.0 Å². The Labute approximate surface area is 190 Å². The highest BCUT2D eigenvalue weighted by Crippen LogP contribution is 2.24. The molecule has 0 unspecified atom stereocenters. The van der Waals surface area contributed by atoms with E-state index in [0.717, 1.165) is 33.1 Å². The fourth-order valence-corrected chi connectivity index (χ4v) is 3.67. The van der Waals surface area contributed by atoms with Crippen molar-refractivity contribution in [2.75, 3.05) is 0 Å². The van der Waals surface area contributed by atoms with E-state index in [-0.39, 0.29) is 0 Å². The van der Waals surface area contributed by atoms with Gasteiger partial charge in [-0.1, -0.05) is 89.4 Å². The van der Waals surface area contributed by atoms with Crippen LogP contribution in [0.2, 0.25) is 15.1 Å². The number of halogens is 3. The molecule has 152 valence electrons. The molecule has 1 N–H and O–H groups in total. The van der Waals surface area contributed by atoms with Gasteiger partial charge in [-0.15, -0.1) is 0 Å². The number of rotatable bonds is 7. The Bertz CT molecular complexity index is 1140. The summed E-state index contributed by atoms with van der Waals surface area (Å²) >= 11 is 18.4. The van der Waals surface area contributed by atoms with Crippen LogP contribution in [-0.2, 0) is 19.6 Å². The van der Waals surface area contributed by atoms with Gasteiger partial charge in [0.25, 0.3) is 0 Å². The normalized spacial score (nSPS) is 11.0. The highest BCUT2D eigenvalue weighted by molar-refractivity contribution is 6.42. The van der Waals surface area contributed by atoms with Gasteiger partial charge < -0.3 is 5.32 Å². The molecule has 0 amide bonds. The smallest absolute Gasteiger partial charge is 0.117 e. The third kappa shape index (κ3) is 5.02. The monoisotopic (exact) mass is 456 g/mol. The summed E-state index contributed by atoms with van der Waals surface area (Å²) < 4.78 is 0. The summed E-state index contributed by atoms with van der Waals surface area (Å²) in [4.78, 5) is 1.69. The van der Waals surface area contributed by atoms with Gasteiger partial charge in [-0.25, -0.2) is 0 Å². The molecule has 0 spiro atoms. The lowest BCUT2D eigenvalue weighted by molar-refractivity contribution is 0.576. The van der Waals surface area contributed by atoms with Crippen LogP contribution in [0.15, 0.2) is 72.8 Å². The molecular formula is C23H19Cl3N4. The van der Waals surface area contributed by atoms with E-state index in [0.29, 0.717) is 29.7 Å². The molecule has 0 aliphatic rings. The average molecular weight is 458 g/mol. The lowest BCUT2D eigenvalue weighted by Gasteiger charge is -2.06. The van der Waals surface area contributed by atoms with E-state index in [4.69, 9.17) is 45.0 Å². The first-order valence-corrected chi connectivity index (χ1v) is 10.6. The first kappa shape index (κ1) is 20.9. The molecule has 0 saturated carbocycles. The van der Waals surface area contributed by atoms with Gasteiger partial charge in [-0.2, -0.15) is 15.0 Å². The Morgan fingerprint density at radius 2 is 1.50 bits per heavy atom. The molecule has 0 atom stereocenters. The zero-order chi connectivity index (χ0) is 20.9. The molecule has 4 aromatic rings. The van der Waals surface area contributed by atoms with Gasteiger partial charge in [0.2, 0.25) is 0 Å². The van der Waals surface area contributed by atoms with Crippen molar-refractivity contribution < 1.29 is 0 Å². The third-order valence-electron chi connectivity index (χ3n) is 4.65. The van der Waals surface area contributed by atoms with E-state index in [1.165, 1.54) is 0 Å². The second-order valence-corrected chi connectivity index (χ2v) is 8.06. The van der Waals surface area contributed by atoms with Crippen LogP contribution in [0.4, 0.5) is 0 Å². The van der Waals surface area contributed by atoms with Crippen molar-refractivity contribution in [2.45, 2.75) is 19.6 Å². The van der Waals surface area contributed by atoms with Gasteiger partial charge in [0, 0.05) is 23.7 Å². The topological polar surface area (TPSA) is 42.7 Å². The largest absolute Gasteiger partial charge is 0.307 e. The van der Waals surface area contributed by atoms with Gasteiger partial charge in [0.05, 0.1) is 16.6 Å². The van der Waals surface area contributed by atoms with Crippen molar-refractivity contribution in [1.82, 2.24) is 20.3 Å². The Morgan fingerprint density at radius 3 is 2.27 bits per heavy atom. The standard InChI is InChI=1S/C23H19Cl3N4/c24-19-9-5-4-8-18(19)13-27-14-22-23(17-6-2-1-3-7-17)29-30(28-22)15-16-10-11-20(25)21(26)12-16/h1-12,27H,13-15H2. The molecule has 30 heavy (non-hydrogen) atoms. The summed E-state index contributed by atoms with van der Waals surface area (Å²) in [5.74, 6) is 0. The molecule has 4 rings (SSSR count). The molecule has 0 bridgehead atoms. The number of hydrogen-bond donors (Lipinski definition) is 1. The molecule has 0 fully saturated rings. The van der Waals surface area contributed by atoms with E-state index in [2.05, 4.69) is 5.32 Å². The Kier molecular flexibility index (Phi) is 6.70. The summed E-state index contributed by atoms with van der Waals surface area (Å²) in [6.45, 7) is 1.71. The first-order valence-electron chi connectivity index (χ1n) is 9.47. The second-order valence-electron chi connectivity index (χ2n) is 6.84. The first-order chi connectivity index (χ1) is 14.6. The molecule has 0 aliphatic heterocycles. The lowest BCUT2D eigenvalue weighted by atomic mass is 10.1. The van der Waals surface area contributed by atoms with Gasteiger partial charge in [-0.05, 0) is 29.3 Å². The Balaban J connectivity index is 1.56. The van der Waals surface area contributed by atoms with Crippen molar-refractivity contribution in [3.05, 3.63) is 105 Å². The minimum Gasteiger partial charge on any atom is -0.307 e. The zero-order valence-corrected chi connectivity index (χ0v) is 18.3. The summed E-state index contributed by atoms with van der Waals surface area (Å²) in [7, 11) is 0. The van der Waals surface area contributed by atoms with Crippen LogP contribution in [0.3, 0.4) is 0 Å². The van der Waals surface area contributed by atoms with E-state index < -0.39 is 0 Å². The maximum absolute atomic E-state index is 6.26. The average Bonchev–Trinajstić information content (AvgIpc) is 3.15. The molecule has 3 aromatic carbocycles. The third-order valence-corrected chi connectivity index (χ3v) is 5.75.